The summed E-state index contributed by atoms with van der Waals surface area (Å²) in [6.07, 6.45) is 1.73. The fraction of sp³-hybridized carbons (Fsp3) is 0.158. The summed E-state index contributed by atoms with van der Waals surface area (Å²) in [5.41, 5.74) is 1.64. The van der Waals surface area contributed by atoms with Gasteiger partial charge in [0.2, 0.25) is 0 Å². The van der Waals surface area contributed by atoms with Crippen LogP contribution in [0.25, 0.3) is 0 Å². The highest BCUT2D eigenvalue weighted by atomic mass is 35.5. The van der Waals surface area contributed by atoms with E-state index in [0.29, 0.717) is 41.1 Å². The zero-order valence-electron chi connectivity index (χ0n) is 14.7. The van der Waals surface area contributed by atoms with E-state index >= 15 is 0 Å². The molecule has 0 aliphatic heterocycles. The number of carbonyl (C=O) groups is 1. The Balaban J connectivity index is 1.44. The number of hydrogen-bond donors (Lipinski definition) is 3. The molecule has 7 nitrogen and oxygen atoms in total. The minimum absolute atomic E-state index is 0.171. The van der Waals surface area contributed by atoms with E-state index in [0.717, 1.165) is 5.56 Å². The maximum atomic E-state index is 12.0. The second kappa shape index (κ2) is 8.95. The van der Waals surface area contributed by atoms with Crippen molar-refractivity contribution in [2.24, 2.45) is 0 Å². The van der Waals surface area contributed by atoms with E-state index in [2.05, 4.69) is 31.1 Å². The standard InChI is InChI=1S/C19H19ClN6O/c1-13-7-8-21-18(11-13)24-17-6-5-16(25-26-17)22-9-10-23-19(27)14-3-2-4-15(20)12-14/h2-8,11-12H,9-10H2,1H3,(H,22,25)(H,23,27)(H,21,24,26). The molecule has 0 saturated heterocycles. The second-order valence-electron chi connectivity index (χ2n) is 5.84. The van der Waals surface area contributed by atoms with Crippen molar-refractivity contribution in [2.45, 2.75) is 6.92 Å². The molecule has 0 bridgehead atoms. The van der Waals surface area contributed by atoms with Crippen LogP contribution in [0.1, 0.15) is 15.9 Å². The van der Waals surface area contributed by atoms with E-state index in [-0.39, 0.29) is 5.91 Å². The zero-order valence-corrected chi connectivity index (χ0v) is 15.5. The smallest absolute Gasteiger partial charge is 0.251 e. The molecule has 27 heavy (non-hydrogen) atoms. The molecule has 3 N–H and O–H groups in total. The number of nitrogens with zero attached hydrogens (tertiary/aromatic N) is 3. The number of benzene rings is 1. The summed E-state index contributed by atoms with van der Waals surface area (Å²) in [4.78, 5) is 16.2. The van der Waals surface area contributed by atoms with Crippen molar-refractivity contribution in [2.75, 3.05) is 23.7 Å². The Morgan fingerprint density at radius 3 is 2.56 bits per heavy atom. The van der Waals surface area contributed by atoms with Gasteiger partial charge >= 0.3 is 0 Å². The maximum Gasteiger partial charge on any atom is 0.251 e. The minimum Gasteiger partial charge on any atom is -0.367 e. The Hall–Kier alpha value is -3.19. The minimum atomic E-state index is -0.171. The quantitative estimate of drug-likeness (QED) is 0.542. The third kappa shape index (κ3) is 5.65. The van der Waals surface area contributed by atoms with Gasteiger partial charge in [-0.3, -0.25) is 4.79 Å². The molecular weight excluding hydrogens is 364 g/mol. The molecule has 3 aromatic rings. The summed E-state index contributed by atoms with van der Waals surface area (Å²) >= 11 is 5.89. The summed E-state index contributed by atoms with van der Waals surface area (Å²) in [5.74, 6) is 1.77. The molecule has 0 spiro atoms. The maximum absolute atomic E-state index is 12.0. The molecule has 0 radical (unpaired) electrons. The molecule has 0 aliphatic carbocycles. The normalized spacial score (nSPS) is 10.3. The van der Waals surface area contributed by atoms with Gasteiger partial charge in [-0.2, -0.15) is 0 Å². The predicted molar refractivity (Wildman–Crippen MR) is 107 cm³/mol. The number of anilines is 3. The van der Waals surface area contributed by atoms with Crippen LogP contribution in [0.5, 0.6) is 0 Å². The lowest BCUT2D eigenvalue weighted by atomic mass is 10.2. The Bertz CT molecular complexity index is 916. The van der Waals surface area contributed by atoms with Crippen molar-refractivity contribution >= 4 is 35.0 Å². The molecule has 0 aliphatic rings. The Labute approximate surface area is 162 Å². The lowest BCUT2D eigenvalue weighted by molar-refractivity contribution is 0.0955. The third-order valence-electron chi connectivity index (χ3n) is 3.64. The molecule has 1 amide bonds. The van der Waals surface area contributed by atoms with Gasteiger partial charge in [0.1, 0.15) is 11.6 Å². The van der Waals surface area contributed by atoms with Gasteiger partial charge in [-0.1, -0.05) is 17.7 Å². The van der Waals surface area contributed by atoms with Crippen LogP contribution in [0.2, 0.25) is 5.02 Å². The van der Waals surface area contributed by atoms with Crippen molar-refractivity contribution < 1.29 is 4.79 Å². The van der Waals surface area contributed by atoms with E-state index in [4.69, 9.17) is 11.6 Å². The highest BCUT2D eigenvalue weighted by molar-refractivity contribution is 6.30. The first-order valence-corrected chi connectivity index (χ1v) is 8.79. The third-order valence-corrected chi connectivity index (χ3v) is 3.87. The van der Waals surface area contributed by atoms with E-state index in [1.165, 1.54) is 0 Å². The van der Waals surface area contributed by atoms with Crippen LogP contribution in [-0.2, 0) is 0 Å². The van der Waals surface area contributed by atoms with Crippen molar-refractivity contribution in [3.05, 3.63) is 70.9 Å². The Kier molecular flexibility index (Phi) is 6.17. The van der Waals surface area contributed by atoms with E-state index in [9.17, 15) is 4.79 Å². The molecule has 0 fully saturated rings. The van der Waals surface area contributed by atoms with Crippen LogP contribution in [0, 0.1) is 6.92 Å². The average Bonchev–Trinajstić information content (AvgIpc) is 2.66. The van der Waals surface area contributed by atoms with Crippen LogP contribution >= 0.6 is 11.6 Å². The molecular formula is C19H19ClN6O. The molecule has 8 heteroatoms. The summed E-state index contributed by atoms with van der Waals surface area (Å²) in [6, 6.07) is 14.3. The summed E-state index contributed by atoms with van der Waals surface area (Å²) in [6.45, 7) is 2.96. The summed E-state index contributed by atoms with van der Waals surface area (Å²) in [7, 11) is 0. The SMILES string of the molecule is Cc1ccnc(Nc2ccc(NCCNC(=O)c3cccc(Cl)c3)nn2)c1. The van der Waals surface area contributed by atoms with Gasteiger partial charge in [0.05, 0.1) is 0 Å². The summed E-state index contributed by atoms with van der Waals surface area (Å²) < 4.78 is 0. The topological polar surface area (TPSA) is 91.8 Å². The second-order valence-corrected chi connectivity index (χ2v) is 6.28. The van der Waals surface area contributed by atoms with Crippen LogP contribution < -0.4 is 16.0 Å². The van der Waals surface area contributed by atoms with Crippen molar-refractivity contribution in [1.82, 2.24) is 20.5 Å². The van der Waals surface area contributed by atoms with Crippen LogP contribution in [0.4, 0.5) is 17.5 Å². The van der Waals surface area contributed by atoms with Gasteiger partial charge in [0, 0.05) is 29.9 Å². The van der Waals surface area contributed by atoms with Gasteiger partial charge in [-0.15, -0.1) is 10.2 Å². The van der Waals surface area contributed by atoms with Gasteiger partial charge in [-0.05, 0) is 55.0 Å². The molecule has 3 rings (SSSR count). The van der Waals surface area contributed by atoms with Crippen molar-refractivity contribution in [3.63, 3.8) is 0 Å². The van der Waals surface area contributed by atoms with E-state index < -0.39 is 0 Å². The fourth-order valence-electron chi connectivity index (χ4n) is 2.33. The average molecular weight is 383 g/mol. The largest absolute Gasteiger partial charge is 0.367 e. The van der Waals surface area contributed by atoms with E-state index in [1.54, 1.807) is 30.5 Å². The lowest BCUT2D eigenvalue weighted by Crippen LogP contribution is -2.28. The van der Waals surface area contributed by atoms with Crippen LogP contribution in [0.3, 0.4) is 0 Å². The number of nitrogens with one attached hydrogen (secondary N) is 3. The number of hydrogen-bond acceptors (Lipinski definition) is 6. The van der Waals surface area contributed by atoms with Crippen LogP contribution in [0.15, 0.2) is 54.7 Å². The molecule has 1 aromatic carbocycles. The first-order chi connectivity index (χ1) is 13.1. The van der Waals surface area contributed by atoms with Gasteiger partial charge in [-0.25, -0.2) is 4.98 Å². The Morgan fingerprint density at radius 2 is 1.81 bits per heavy atom. The number of carbonyl (C=O) groups excluding carboxylic acids is 1. The molecule has 138 valence electrons. The van der Waals surface area contributed by atoms with Crippen molar-refractivity contribution in [3.8, 4) is 0 Å². The Morgan fingerprint density at radius 1 is 1.00 bits per heavy atom. The molecule has 0 atom stereocenters. The number of rotatable bonds is 7. The number of amides is 1. The lowest BCUT2D eigenvalue weighted by Gasteiger charge is -2.08. The van der Waals surface area contributed by atoms with Crippen molar-refractivity contribution in [1.29, 1.82) is 0 Å². The van der Waals surface area contributed by atoms with Crippen LogP contribution in [-0.4, -0.2) is 34.2 Å². The van der Waals surface area contributed by atoms with Gasteiger partial charge in [0.25, 0.3) is 5.91 Å². The number of pyridine rings is 1. The first kappa shape index (κ1) is 18.6. The molecule has 2 aromatic heterocycles. The number of halogens is 1. The highest BCUT2D eigenvalue weighted by Gasteiger charge is 2.05. The first-order valence-electron chi connectivity index (χ1n) is 8.41. The van der Waals surface area contributed by atoms with Gasteiger partial charge < -0.3 is 16.0 Å². The fourth-order valence-corrected chi connectivity index (χ4v) is 2.52. The molecule has 0 saturated carbocycles. The zero-order chi connectivity index (χ0) is 19.1. The van der Waals surface area contributed by atoms with Gasteiger partial charge in [0.15, 0.2) is 5.82 Å². The number of aryl methyl sites for hydroxylation is 1. The predicted octanol–water partition coefficient (Wildman–Crippen LogP) is 3.42. The monoisotopic (exact) mass is 382 g/mol. The summed E-state index contributed by atoms with van der Waals surface area (Å²) in [5, 5.41) is 17.8. The molecule has 0 unspecified atom stereocenters. The van der Waals surface area contributed by atoms with E-state index in [1.807, 2.05) is 31.2 Å². The molecule has 2 heterocycles. The highest BCUT2D eigenvalue weighted by Crippen LogP contribution is 2.13. The number of aromatic nitrogens is 3.